The van der Waals surface area contributed by atoms with Crippen LogP contribution >= 0.6 is 0 Å². The lowest BCUT2D eigenvalue weighted by molar-refractivity contribution is 1.08. The van der Waals surface area contributed by atoms with Gasteiger partial charge in [-0.1, -0.05) is 36.4 Å². The highest BCUT2D eigenvalue weighted by molar-refractivity contribution is 5.65. The van der Waals surface area contributed by atoms with Crippen molar-refractivity contribution in [3.8, 4) is 11.4 Å². The van der Waals surface area contributed by atoms with Crippen molar-refractivity contribution >= 4 is 17.3 Å². The standard InChI is InChI=1S/C24H23N5/c1-17-8-9-21(14-18(17)2)27-23-15-22(26-16-19-10-12-25-13-11-19)28-24(29-23)20-6-4-3-5-7-20/h3-15H,16H2,1-2H3,(H2,26,27,28,29). The third kappa shape index (κ3) is 4.76. The molecular weight excluding hydrogens is 358 g/mol. The van der Waals surface area contributed by atoms with Crippen LogP contribution in [0.4, 0.5) is 17.3 Å². The summed E-state index contributed by atoms with van der Waals surface area (Å²) in [5, 5.41) is 6.82. The van der Waals surface area contributed by atoms with Crippen molar-refractivity contribution in [3.63, 3.8) is 0 Å². The van der Waals surface area contributed by atoms with Gasteiger partial charge in [0.15, 0.2) is 5.82 Å². The molecule has 144 valence electrons. The van der Waals surface area contributed by atoms with Gasteiger partial charge in [-0.2, -0.15) is 0 Å². The van der Waals surface area contributed by atoms with Crippen molar-refractivity contribution in [1.82, 2.24) is 15.0 Å². The normalized spacial score (nSPS) is 10.6. The van der Waals surface area contributed by atoms with Crippen LogP contribution in [0.25, 0.3) is 11.4 Å². The third-order valence-electron chi connectivity index (χ3n) is 4.76. The van der Waals surface area contributed by atoms with E-state index in [2.05, 4.69) is 47.7 Å². The van der Waals surface area contributed by atoms with Crippen LogP contribution in [0.5, 0.6) is 0 Å². The number of anilines is 3. The van der Waals surface area contributed by atoms with Gasteiger partial charge in [0.05, 0.1) is 0 Å². The molecule has 2 heterocycles. The quantitative estimate of drug-likeness (QED) is 0.461. The first-order chi connectivity index (χ1) is 14.2. The minimum Gasteiger partial charge on any atom is -0.366 e. The van der Waals surface area contributed by atoms with Gasteiger partial charge in [0, 0.05) is 36.3 Å². The first kappa shape index (κ1) is 18.6. The van der Waals surface area contributed by atoms with Crippen LogP contribution in [-0.2, 0) is 6.54 Å². The van der Waals surface area contributed by atoms with Gasteiger partial charge in [0.1, 0.15) is 11.6 Å². The van der Waals surface area contributed by atoms with E-state index in [1.54, 1.807) is 12.4 Å². The summed E-state index contributed by atoms with van der Waals surface area (Å²) >= 11 is 0. The maximum Gasteiger partial charge on any atom is 0.163 e. The summed E-state index contributed by atoms with van der Waals surface area (Å²) < 4.78 is 0. The number of rotatable bonds is 6. The Morgan fingerprint density at radius 2 is 1.52 bits per heavy atom. The molecule has 0 atom stereocenters. The number of hydrogen-bond donors (Lipinski definition) is 2. The minimum atomic E-state index is 0.664. The smallest absolute Gasteiger partial charge is 0.163 e. The molecule has 5 heteroatoms. The van der Waals surface area contributed by atoms with Crippen LogP contribution in [0, 0.1) is 13.8 Å². The molecule has 0 aliphatic rings. The fourth-order valence-electron chi connectivity index (χ4n) is 2.98. The zero-order valence-corrected chi connectivity index (χ0v) is 16.6. The SMILES string of the molecule is Cc1ccc(Nc2cc(NCc3ccncc3)nc(-c3ccccc3)n2)cc1C. The van der Waals surface area contributed by atoms with Gasteiger partial charge < -0.3 is 10.6 Å². The first-order valence-corrected chi connectivity index (χ1v) is 9.59. The number of pyridine rings is 1. The molecule has 0 saturated heterocycles. The summed E-state index contributed by atoms with van der Waals surface area (Å²) in [4.78, 5) is 13.5. The molecule has 0 aliphatic carbocycles. The van der Waals surface area contributed by atoms with E-state index in [4.69, 9.17) is 9.97 Å². The Morgan fingerprint density at radius 1 is 0.759 bits per heavy atom. The van der Waals surface area contributed by atoms with Gasteiger partial charge >= 0.3 is 0 Å². The highest BCUT2D eigenvalue weighted by atomic mass is 15.1. The van der Waals surface area contributed by atoms with Crippen LogP contribution in [-0.4, -0.2) is 15.0 Å². The van der Waals surface area contributed by atoms with E-state index in [1.165, 1.54) is 11.1 Å². The Hall–Kier alpha value is -3.73. The molecule has 2 aromatic carbocycles. The number of nitrogens with one attached hydrogen (secondary N) is 2. The van der Waals surface area contributed by atoms with Crippen LogP contribution < -0.4 is 10.6 Å². The maximum absolute atomic E-state index is 4.73. The van der Waals surface area contributed by atoms with E-state index in [0.29, 0.717) is 12.4 Å². The maximum atomic E-state index is 4.73. The molecule has 0 saturated carbocycles. The molecule has 29 heavy (non-hydrogen) atoms. The summed E-state index contributed by atoms with van der Waals surface area (Å²) in [7, 11) is 0. The van der Waals surface area contributed by atoms with Crippen LogP contribution in [0.15, 0.2) is 79.1 Å². The second-order valence-electron chi connectivity index (χ2n) is 6.96. The lowest BCUT2D eigenvalue weighted by Gasteiger charge is -2.13. The van der Waals surface area contributed by atoms with Gasteiger partial charge in [0.25, 0.3) is 0 Å². The van der Waals surface area contributed by atoms with Crippen molar-refractivity contribution in [3.05, 3.63) is 95.8 Å². The molecule has 0 amide bonds. The monoisotopic (exact) mass is 381 g/mol. The topological polar surface area (TPSA) is 62.7 Å². The Balaban J connectivity index is 1.64. The van der Waals surface area contributed by atoms with Crippen molar-refractivity contribution in [2.24, 2.45) is 0 Å². The Kier molecular flexibility index (Phi) is 5.47. The molecule has 0 bridgehead atoms. The van der Waals surface area contributed by atoms with E-state index < -0.39 is 0 Å². The zero-order chi connectivity index (χ0) is 20.1. The number of hydrogen-bond acceptors (Lipinski definition) is 5. The molecule has 0 fully saturated rings. The number of aromatic nitrogens is 3. The highest BCUT2D eigenvalue weighted by Gasteiger charge is 2.08. The summed E-state index contributed by atoms with van der Waals surface area (Å²) in [5.74, 6) is 2.19. The van der Waals surface area contributed by atoms with E-state index >= 15 is 0 Å². The molecule has 0 unspecified atom stereocenters. The average Bonchev–Trinajstić information content (AvgIpc) is 2.76. The second kappa shape index (κ2) is 8.52. The fourth-order valence-corrected chi connectivity index (χ4v) is 2.98. The van der Waals surface area contributed by atoms with Gasteiger partial charge in [-0.05, 0) is 54.8 Å². The molecule has 4 aromatic rings. The minimum absolute atomic E-state index is 0.664. The van der Waals surface area contributed by atoms with Crippen LogP contribution in [0.1, 0.15) is 16.7 Å². The lowest BCUT2D eigenvalue weighted by Crippen LogP contribution is -2.05. The summed E-state index contributed by atoms with van der Waals surface area (Å²) in [5.41, 5.74) is 5.63. The van der Waals surface area contributed by atoms with Gasteiger partial charge in [-0.15, -0.1) is 0 Å². The molecule has 0 aliphatic heterocycles. The van der Waals surface area contributed by atoms with E-state index in [0.717, 1.165) is 28.5 Å². The predicted octanol–water partition coefficient (Wildman–Crippen LogP) is 5.51. The first-order valence-electron chi connectivity index (χ1n) is 9.59. The van der Waals surface area contributed by atoms with Gasteiger partial charge in [-0.3, -0.25) is 4.98 Å². The Labute approximate surface area is 170 Å². The predicted molar refractivity (Wildman–Crippen MR) is 118 cm³/mol. The van der Waals surface area contributed by atoms with E-state index in [-0.39, 0.29) is 0 Å². The molecule has 2 aromatic heterocycles. The Bertz CT molecular complexity index is 1090. The Morgan fingerprint density at radius 3 is 2.28 bits per heavy atom. The van der Waals surface area contributed by atoms with Gasteiger partial charge in [-0.25, -0.2) is 9.97 Å². The molecule has 0 spiro atoms. The van der Waals surface area contributed by atoms with Crippen molar-refractivity contribution in [1.29, 1.82) is 0 Å². The average molecular weight is 381 g/mol. The van der Waals surface area contributed by atoms with E-state index in [1.807, 2.05) is 48.5 Å². The molecule has 4 rings (SSSR count). The summed E-state index contributed by atoms with van der Waals surface area (Å²) in [6.07, 6.45) is 3.58. The molecule has 5 nitrogen and oxygen atoms in total. The summed E-state index contributed by atoms with van der Waals surface area (Å²) in [6, 6.07) is 22.2. The number of benzene rings is 2. The van der Waals surface area contributed by atoms with Crippen LogP contribution in [0.3, 0.4) is 0 Å². The fraction of sp³-hybridized carbons (Fsp3) is 0.125. The number of nitrogens with zero attached hydrogens (tertiary/aromatic N) is 3. The van der Waals surface area contributed by atoms with E-state index in [9.17, 15) is 0 Å². The lowest BCUT2D eigenvalue weighted by atomic mass is 10.1. The highest BCUT2D eigenvalue weighted by Crippen LogP contribution is 2.24. The number of aryl methyl sites for hydroxylation is 2. The molecule has 2 N–H and O–H groups in total. The van der Waals surface area contributed by atoms with Gasteiger partial charge in [0.2, 0.25) is 0 Å². The third-order valence-corrected chi connectivity index (χ3v) is 4.76. The van der Waals surface area contributed by atoms with Crippen molar-refractivity contribution in [2.45, 2.75) is 20.4 Å². The second-order valence-corrected chi connectivity index (χ2v) is 6.96. The largest absolute Gasteiger partial charge is 0.366 e. The summed E-state index contributed by atoms with van der Waals surface area (Å²) in [6.45, 7) is 4.88. The van der Waals surface area contributed by atoms with Crippen LogP contribution in [0.2, 0.25) is 0 Å². The molecular formula is C24H23N5. The van der Waals surface area contributed by atoms with Crippen molar-refractivity contribution < 1.29 is 0 Å². The molecule has 0 radical (unpaired) electrons. The van der Waals surface area contributed by atoms with Crippen molar-refractivity contribution in [2.75, 3.05) is 10.6 Å². The zero-order valence-electron chi connectivity index (χ0n) is 16.6.